The van der Waals surface area contributed by atoms with Crippen LogP contribution in [-0.4, -0.2) is 50.5 Å². The molecule has 0 saturated heterocycles. The van der Waals surface area contributed by atoms with Crippen LogP contribution in [0.5, 0.6) is 0 Å². The molecule has 15 heavy (non-hydrogen) atoms. The number of nitrogens with two attached hydrogens (primary N) is 1. The van der Waals surface area contributed by atoms with Crippen LogP contribution in [0.1, 0.15) is 26.2 Å². The number of rotatable bonds is 8. The first-order valence-electron chi connectivity index (χ1n) is 5.73. The third-order valence-electron chi connectivity index (χ3n) is 2.68. The average Bonchev–Trinajstić information content (AvgIpc) is 2.95. The van der Waals surface area contributed by atoms with Gasteiger partial charge in [-0.05, 0) is 19.3 Å². The maximum atomic E-state index is 11.5. The van der Waals surface area contributed by atoms with Gasteiger partial charge in [0.2, 0.25) is 0 Å². The summed E-state index contributed by atoms with van der Waals surface area (Å²) in [6, 6.07) is 0.602. The van der Waals surface area contributed by atoms with E-state index in [9.17, 15) is 8.42 Å². The molecule has 5 heteroatoms. The zero-order valence-corrected chi connectivity index (χ0v) is 10.3. The van der Waals surface area contributed by atoms with Gasteiger partial charge in [-0.3, -0.25) is 4.90 Å². The molecule has 0 aromatic heterocycles. The number of hydrogen-bond acceptors (Lipinski definition) is 4. The van der Waals surface area contributed by atoms with Gasteiger partial charge in [-0.15, -0.1) is 0 Å². The molecule has 0 aromatic rings. The van der Waals surface area contributed by atoms with Crippen molar-refractivity contribution in [1.29, 1.82) is 0 Å². The number of nitrogens with zero attached hydrogens (tertiary/aromatic N) is 1. The molecule has 0 amide bonds. The molecule has 1 aliphatic rings. The van der Waals surface area contributed by atoms with Crippen molar-refractivity contribution in [2.75, 3.05) is 31.1 Å². The summed E-state index contributed by atoms with van der Waals surface area (Å²) in [6.45, 7) is 4.00. The number of hydrogen-bond donors (Lipinski definition) is 1. The Hall–Kier alpha value is -0.130. The Balaban J connectivity index is 2.32. The van der Waals surface area contributed by atoms with E-state index in [0.717, 1.165) is 6.54 Å². The van der Waals surface area contributed by atoms with Crippen molar-refractivity contribution >= 4 is 9.84 Å². The van der Waals surface area contributed by atoms with Gasteiger partial charge < -0.3 is 5.73 Å². The van der Waals surface area contributed by atoms with Crippen LogP contribution in [0.25, 0.3) is 0 Å². The van der Waals surface area contributed by atoms with Crippen molar-refractivity contribution in [3.63, 3.8) is 0 Å². The van der Waals surface area contributed by atoms with Crippen molar-refractivity contribution in [2.45, 2.75) is 32.2 Å². The van der Waals surface area contributed by atoms with Gasteiger partial charge in [0.1, 0.15) is 0 Å². The molecular formula is C10H22N2O2S. The molecule has 0 atom stereocenters. The molecule has 1 rings (SSSR count). The summed E-state index contributed by atoms with van der Waals surface area (Å²) in [5.41, 5.74) is 5.50. The molecule has 0 heterocycles. The molecule has 1 saturated carbocycles. The SMILES string of the molecule is CCCS(=O)(=O)CCN(CCN)C1CC1. The van der Waals surface area contributed by atoms with Crippen molar-refractivity contribution in [3.05, 3.63) is 0 Å². The molecule has 1 aliphatic carbocycles. The molecule has 0 spiro atoms. The van der Waals surface area contributed by atoms with Crippen LogP contribution in [0.15, 0.2) is 0 Å². The molecule has 1 fully saturated rings. The van der Waals surface area contributed by atoms with Gasteiger partial charge in [0.05, 0.1) is 5.75 Å². The van der Waals surface area contributed by atoms with Crippen LogP contribution < -0.4 is 5.73 Å². The third kappa shape index (κ3) is 4.95. The topological polar surface area (TPSA) is 63.4 Å². The summed E-state index contributed by atoms with van der Waals surface area (Å²) in [5.74, 6) is 0.603. The number of sulfone groups is 1. The van der Waals surface area contributed by atoms with Gasteiger partial charge >= 0.3 is 0 Å². The summed E-state index contributed by atoms with van der Waals surface area (Å²) < 4.78 is 23.0. The molecule has 0 bridgehead atoms. The first-order valence-corrected chi connectivity index (χ1v) is 7.55. The Bertz CT molecular complexity index is 273. The predicted octanol–water partition coefficient (Wildman–Crippen LogP) is 0.234. The van der Waals surface area contributed by atoms with Crippen LogP contribution in [0.3, 0.4) is 0 Å². The maximum absolute atomic E-state index is 11.5. The second kappa shape index (κ2) is 5.82. The van der Waals surface area contributed by atoms with Crippen molar-refractivity contribution in [1.82, 2.24) is 4.90 Å². The highest BCUT2D eigenvalue weighted by atomic mass is 32.2. The van der Waals surface area contributed by atoms with Gasteiger partial charge in [0.15, 0.2) is 9.84 Å². The molecule has 0 aliphatic heterocycles. The van der Waals surface area contributed by atoms with Crippen molar-refractivity contribution in [3.8, 4) is 0 Å². The van der Waals surface area contributed by atoms with E-state index in [-0.39, 0.29) is 5.75 Å². The van der Waals surface area contributed by atoms with Crippen molar-refractivity contribution < 1.29 is 8.42 Å². The second-order valence-electron chi connectivity index (χ2n) is 4.21. The molecule has 0 aromatic carbocycles. The van der Waals surface area contributed by atoms with Crippen LogP contribution >= 0.6 is 0 Å². The van der Waals surface area contributed by atoms with Crippen LogP contribution in [0.4, 0.5) is 0 Å². The van der Waals surface area contributed by atoms with Gasteiger partial charge in [0.25, 0.3) is 0 Å². The van der Waals surface area contributed by atoms with Gasteiger partial charge in [-0.2, -0.15) is 0 Å². The quantitative estimate of drug-likeness (QED) is 0.653. The summed E-state index contributed by atoms with van der Waals surface area (Å²) in [6.07, 6.45) is 3.12. The average molecular weight is 234 g/mol. The highest BCUT2D eigenvalue weighted by molar-refractivity contribution is 7.91. The lowest BCUT2D eigenvalue weighted by Crippen LogP contribution is -2.35. The van der Waals surface area contributed by atoms with Crippen LogP contribution in [-0.2, 0) is 9.84 Å². The predicted molar refractivity (Wildman–Crippen MR) is 62.6 cm³/mol. The van der Waals surface area contributed by atoms with Gasteiger partial charge in [-0.1, -0.05) is 6.92 Å². The largest absolute Gasteiger partial charge is 0.329 e. The summed E-state index contributed by atoms with van der Waals surface area (Å²) in [4.78, 5) is 2.22. The normalized spacial score (nSPS) is 17.3. The highest BCUT2D eigenvalue weighted by Gasteiger charge is 2.28. The third-order valence-corrected chi connectivity index (χ3v) is 4.52. The maximum Gasteiger partial charge on any atom is 0.151 e. The smallest absolute Gasteiger partial charge is 0.151 e. The van der Waals surface area contributed by atoms with Crippen LogP contribution in [0.2, 0.25) is 0 Å². The zero-order valence-electron chi connectivity index (χ0n) is 9.48. The van der Waals surface area contributed by atoms with E-state index in [1.54, 1.807) is 0 Å². The summed E-state index contributed by atoms with van der Waals surface area (Å²) in [5, 5.41) is 0. The summed E-state index contributed by atoms with van der Waals surface area (Å²) >= 11 is 0. The fourth-order valence-electron chi connectivity index (χ4n) is 1.75. The van der Waals surface area contributed by atoms with Crippen LogP contribution in [0, 0.1) is 0 Å². The first-order chi connectivity index (χ1) is 7.09. The lowest BCUT2D eigenvalue weighted by atomic mass is 10.4. The minimum atomic E-state index is -2.83. The second-order valence-corrected chi connectivity index (χ2v) is 6.51. The van der Waals surface area contributed by atoms with E-state index >= 15 is 0 Å². The van der Waals surface area contributed by atoms with E-state index in [0.29, 0.717) is 31.3 Å². The Morgan fingerprint density at radius 1 is 1.27 bits per heavy atom. The Morgan fingerprint density at radius 2 is 1.93 bits per heavy atom. The molecule has 4 nitrogen and oxygen atoms in total. The highest BCUT2D eigenvalue weighted by Crippen LogP contribution is 2.26. The lowest BCUT2D eigenvalue weighted by Gasteiger charge is -2.20. The molecule has 90 valence electrons. The first kappa shape index (κ1) is 12.9. The Kier molecular flexibility index (Phi) is 5.02. The lowest BCUT2D eigenvalue weighted by molar-refractivity contribution is 0.286. The molecular weight excluding hydrogens is 212 g/mol. The van der Waals surface area contributed by atoms with Gasteiger partial charge in [0, 0.05) is 31.4 Å². The molecule has 0 radical (unpaired) electrons. The van der Waals surface area contributed by atoms with E-state index in [1.165, 1.54) is 12.8 Å². The molecule has 2 N–H and O–H groups in total. The van der Waals surface area contributed by atoms with E-state index in [1.807, 2.05) is 6.92 Å². The van der Waals surface area contributed by atoms with E-state index in [2.05, 4.69) is 4.90 Å². The van der Waals surface area contributed by atoms with E-state index < -0.39 is 9.84 Å². The fraction of sp³-hybridized carbons (Fsp3) is 1.00. The Labute approximate surface area is 92.7 Å². The van der Waals surface area contributed by atoms with E-state index in [4.69, 9.17) is 5.73 Å². The van der Waals surface area contributed by atoms with Crippen molar-refractivity contribution in [2.24, 2.45) is 5.73 Å². The fourth-order valence-corrected chi connectivity index (χ4v) is 3.09. The van der Waals surface area contributed by atoms with Gasteiger partial charge in [-0.25, -0.2) is 8.42 Å². The minimum Gasteiger partial charge on any atom is -0.329 e. The zero-order chi connectivity index (χ0) is 11.3. The Morgan fingerprint density at radius 3 is 2.40 bits per heavy atom. The standard InChI is InChI=1S/C10H22N2O2S/c1-2-8-15(13,14)9-7-12(6-5-11)10-3-4-10/h10H,2-9,11H2,1H3. The minimum absolute atomic E-state index is 0.289. The molecule has 0 unspecified atom stereocenters. The monoisotopic (exact) mass is 234 g/mol. The summed E-state index contributed by atoms with van der Waals surface area (Å²) in [7, 11) is -2.83.